The van der Waals surface area contributed by atoms with Crippen molar-refractivity contribution in [2.24, 2.45) is 5.92 Å². The number of ether oxygens (including phenoxy) is 1. The normalized spacial score (nSPS) is 26.0. The number of rotatable bonds is 6. The van der Waals surface area contributed by atoms with E-state index in [9.17, 15) is 19.2 Å². The number of nitrogens with one attached hydrogen (secondary N) is 2. The maximum atomic E-state index is 12.8. The van der Waals surface area contributed by atoms with Gasteiger partial charge in [0, 0.05) is 5.54 Å². The Morgan fingerprint density at radius 1 is 1.35 bits per heavy atom. The first-order valence-electron chi connectivity index (χ1n) is 9.22. The lowest BCUT2D eigenvalue weighted by molar-refractivity contribution is -0.151. The molecule has 2 fully saturated rings. The topological polar surface area (TPSA) is 105 Å². The van der Waals surface area contributed by atoms with Gasteiger partial charge in [0.2, 0.25) is 0 Å². The van der Waals surface area contributed by atoms with Gasteiger partial charge in [-0.2, -0.15) is 0 Å². The molecule has 1 aliphatic heterocycles. The van der Waals surface area contributed by atoms with E-state index in [0.717, 1.165) is 30.6 Å². The molecule has 0 aromatic heterocycles. The van der Waals surface area contributed by atoms with Gasteiger partial charge in [0.15, 0.2) is 6.61 Å². The molecule has 1 aliphatic carbocycles. The van der Waals surface area contributed by atoms with Crippen molar-refractivity contribution < 1.29 is 23.9 Å². The average Bonchev–Trinajstić information content (AvgIpc) is 2.80. The van der Waals surface area contributed by atoms with Crippen LogP contribution in [0.15, 0.2) is 0 Å². The molecular formula is C18H29N3O5. The molecule has 1 saturated carbocycles. The summed E-state index contributed by atoms with van der Waals surface area (Å²) >= 11 is 0. The number of nitrogens with zero attached hydrogens (tertiary/aromatic N) is 1. The summed E-state index contributed by atoms with van der Waals surface area (Å²) in [5.41, 5.74) is -1.30. The molecule has 2 rings (SSSR count). The van der Waals surface area contributed by atoms with E-state index in [1.807, 2.05) is 27.7 Å². The van der Waals surface area contributed by atoms with Crippen molar-refractivity contribution in [3.63, 3.8) is 0 Å². The lowest BCUT2D eigenvalue weighted by Gasteiger charge is -2.36. The van der Waals surface area contributed by atoms with Gasteiger partial charge in [0.1, 0.15) is 12.1 Å². The zero-order valence-corrected chi connectivity index (χ0v) is 16.0. The minimum Gasteiger partial charge on any atom is -0.454 e. The molecule has 0 aromatic carbocycles. The van der Waals surface area contributed by atoms with Crippen molar-refractivity contribution in [3.8, 4) is 0 Å². The molecule has 8 nitrogen and oxygen atoms in total. The Kier molecular flexibility index (Phi) is 5.93. The largest absolute Gasteiger partial charge is 0.454 e. The van der Waals surface area contributed by atoms with Crippen molar-refractivity contribution in [1.29, 1.82) is 0 Å². The summed E-state index contributed by atoms with van der Waals surface area (Å²) < 4.78 is 4.93. The first kappa shape index (κ1) is 20.2. The van der Waals surface area contributed by atoms with Gasteiger partial charge in [-0.3, -0.25) is 19.3 Å². The van der Waals surface area contributed by atoms with E-state index in [4.69, 9.17) is 4.74 Å². The Morgan fingerprint density at radius 2 is 2.04 bits per heavy atom. The molecule has 4 amide bonds. The van der Waals surface area contributed by atoms with Crippen LogP contribution in [0.2, 0.25) is 0 Å². The Hall–Kier alpha value is -2.12. The van der Waals surface area contributed by atoms with Gasteiger partial charge in [-0.25, -0.2) is 4.79 Å². The monoisotopic (exact) mass is 367 g/mol. The number of urea groups is 1. The van der Waals surface area contributed by atoms with Crippen LogP contribution in [-0.4, -0.2) is 52.9 Å². The predicted molar refractivity (Wildman–Crippen MR) is 94.1 cm³/mol. The van der Waals surface area contributed by atoms with Crippen LogP contribution in [0.4, 0.5) is 4.79 Å². The maximum absolute atomic E-state index is 12.8. The summed E-state index contributed by atoms with van der Waals surface area (Å²) in [6.07, 6.45) is 4.06. The molecule has 0 radical (unpaired) electrons. The average molecular weight is 367 g/mol. The Morgan fingerprint density at radius 3 is 2.65 bits per heavy atom. The van der Waals surface area contributed by atoms with Crippen LogP contribution >= 0.6 is 0 Å². The van der Waals surface area contributed by atoms with Crippen LogP contribution in [0.25, 0.3) is 0 Å². The second-order valence-electron chi connectivity index (χ2n) is 7.89. The van der Waals surface area contributed by atoms with Crippen LogP contribution in [0, 0.1) is 5.92 Å². The number of hydrogen-bond acceptors (Lipinski definition) is 5. The van der Waals surface area contributed by atoms with Gasteiger partial charge in [-0.05, 0) is 39.0 Å². The van der Waals surface area contributed by atoms with Crippen LogP contribution in [-0.2, 0) is 19.1 Å². The van der Waals surface area contributed by atoms with Crippen LogP contribution in [0.5, 0.6) is 0 Å². The van der Waals surface area contributed by atoms with Gasteiger partial charge < -0.3 is 15.4 Å². The van der Waals surface area contributed by atoms with Gasteiger partial charge in [-0.1, -0.05) is 26.7 Å². The van der Waals surface area contributed by atoms with E-state index >= 15 is 0 Å². The van der Waals surface area contributed by atoms with Gasteiger partial charge in [-0.15, -0.1) is 0 Å². The van der Waals surface area contributed by atoms with Crippen LogP contribution in [0.1, 0.15) is 59.8 Å². The lowest BCUT2D eigenvalue weighted by Crippen LogP contribution is -2.54. The zero-order valence-electron chi connectivity index (χ0n) is 16.0. The highest BCUT2D eigenvalue weighted by Gasteiger charge is 2.55. The molecule has 1 heterocycles. The molecule has 2 N–H and O–H groups in total. The van der Waals surface area contributed by atoms with Gasteiger partial charge in [0.25, 0.3) is 11.8 Å². The standard InChI is InChI=1S/C18H29N3O5/c1-5-17(3,4)19-13(22)11-26-14(23)10-21-15(24)18(20-16(21)25)9-7-6-8-12(18)2/h12H,5-11H2,1-4H3,(H,19,22)(H,20,25)/t12-,18-/m0/s1. The number of hydrogen-bond donors (Lipinski definition) is 2. The number of esters is 1. The molecule has 2 atom stereocenters. The Bertz CT molecular complexity index is 604. The second kappa shape index (κ2) is 7.63. The molecular weight excluding hydrogens is 338 g/mol. The first-order valence-corrected chi connectivity index (χ1v) is 9.22. The van der Waals surface area contributed by atoms with Crippen molar-refractivity contribution >= 4 is 23.8 Å². The smallest absolute Gasteiger partial charge is 0.326 e. The summed E-state index contributed by atoms with van der Waals surface area (Å²) in [5.74, 6) is -1.54. The van der Waals surface area contributed by atoms with E-state index in [-0.39, 0.29) is 11.8 Å². The highest BCUT2D eigenvalue weighted by Crippen LogP contribution is 2.38. The third-order valence-electron chi connectivity index (χ3n) is 5.51. The summed E-state index contributed by atoms with van der Waals surface area (Å²) in [6, 6.07) is -0.572. The highest BCUT2D eigenvalue weighted by molar-refractivity contribution is 6.09. The third-order valence-corrected chi connectivity index (χ3v) is 5.51. The highest BCUT2D eigenvalue weighted by atomic mass is 16.5. The maximum Gasteiger partial charge on any atom is 0.326 e. The predicted octanol–water partition coefficient (Wildman–Crippen LogP) is 1.34. The van der Waals surface area contributed by atoms with E-state index < -0.39 is 42.1 Å². The van der Waals surface area contributed by atoms with Crippen molar-refractivity contribution in [2.75, 3.05) is 13.2 Å². The Labute approximate surface area is 154 Å². The molecule has 1 saturated heterocycles. The number of carbonyl (C=O) groups excluding carboxylic acids is 4. The first-order chi connectivity index (χ1) is 12.1. The molecule has 26 heavy (non-hydrogen) atoms. The molecule has 0 unspecified atom stereocenters. The number of carbonyl (C=O) groups is 4. The van der Waals surface area contributed by atoms with Crippen LogP contribution in [0.3, 0.4) is 0 Å². The molecule has 1 spiro atoms. The quantitative estimate of drug-likeness (QED) is 0.544. The SMILES string of the molecule is CCC(C)(C)NC(=O)COC(=O)CN1C(=O)N[C@]2(CCCC[C@@H]2C)C1=O. The summed E-state index contributed by atoms with van der Waals surface area (Å²) in [6.45, 7) is 6.69. The lowest BCUT2D eigenvalue weighted by atomic mass is 9.73. The summed E-state index contributed by atoms with van der Waals surface area (Å²) in [7, 11) is 0. The van der Waals surface area contributed by atoms with E-state index in [1.165, 1.54) is 0 Å². The summed E-state index contributed by atoms with van der Waals surface area (Å²) in [4.78, 5) is 49.7. The fourth-order valence-corrected chi connectivity index (χ4v) is 3.46. The fourth-order valence-electron chi connectivity index (χ4n) is 3.46. The molecule has 0 aromatic rings. The number of amides is 4. The van der Waals surface area contributed by atoms with Crippen molar-refractivity contribution in [1.82, 2.24) is 15.5 Å². The van der Waals surface area contributed by atoms with E-state index in [2.05, 4.69) is 10.6 Å². The summed E-state index contributed by atoms with van der Waals surface area (Å²) in [5, 5.41) is 5.53. The molecule has 146 valence electrons. The van der Waals surface area contributed by atoms with E-state index in [1.54, 1.807) is 0 Å². The molecule has 0 bridgehead atoms. The minimum absolute atomic E-state index is 0.0239. The number of imide groups is 1. The van der Waals surface area contributed by atoms with Crippen molar-refractivity contribution in [2.45, 2.75) is 70.9 Å². The van der Waals surface area contributed by atoms with E-state index in [0.29, 0.717) is 6.42 Å². The van der Waals surface area contributed by atoms with Gasteiger partial charge in [0.05, 0.1) is 0 Å². The van der Waals surface area contributed by atoms with Crippen LogP contribution < -0.4 is 10.6 Å². The zero-order chi connectivity index (χ0) is 19.5. The van der Waals surface area contributed by atoms with Crippen molar-refractivity contribution in [3.05, 3.63) is 0 Å². The second-order valence-corrected chi connectivity index (χ2v) is 7.89. The third kappa shape index (κ3) is 4.16. The Balaban J connectivity index is 1.90. The fraction of sp³-hybridized carbons (Fsp3) is 0.778. The van der Waals surface area contributed by atoms with Gasteiger partial charge >= 0.3 is 12.0 Å². The molecule has 2 aliphatic rings. The minimum atomic E-state index is -0.905. The molecule has 8 heteroatoms.